The Labute approximate surface area is 158 Å². The lowest BCUT2D eigenvalue weighted by Crippen LogP contribution is -2.42. The van der Waals surface area contributed by atoms with Gasteiger partial charge >= 0.3 is 0 Å². The number of aromatic nitrogens is 2. The molecule has 7 nitrogen and oxygen atoms in total. The average Bonchev–Trinajstić information content (AvgIpc) is 3.18. The summed E-state index contributed by atoms with van der Waals surface area (Å²) in [6.45, 7) is 4.93. The summed E-state index contributed by atoms with van der Waals surface area (Å²) in [4.78, 5) is 34.9. The van der Waals surface area contributed by atoms with E-state index in [4.69, 9.17) is 4.74 Å². The van der Waals surface area contributed by atoms with Gasteiger partial charge in [0.2, 0.25) is 5.91 Å². The summed E-state index contributed by atoms with van der Waals surface area (Å²) in [5, 5.41) is 2.90. The minimum absolute atomic E-state index is 0.0564. The van der Waals surface area contributed by atoms with E-state index < -0.39 is 0 Å². The Bertz CT molecular complexity index is 804. The van der Waals surface area contributed by atoms with Crippen LogP contribution in [0, 0.1) is 13.8 Å². The monoisotopic (exact) mass is 368 g/mol. The van der Waals surface area contributed by atoms with Gasteiger partial charge in [0.1, 0.15) is 12.2 Å². The molecule has 0 radical (unpaired) electrons. The van der Waals surface area contributed by atoms with E-state index in [-0.39, 0.29) is 30.2 Å². The Morgan fingerprint density at radius 3 is 2.85 bits per heavy atom. The zero-order valence-electron chi connectivity index (χ0n) is 15.6. The number of anilines is 1. The van der Waals surface area contributed by atoms with E-state index in [2.05, 4.69) is 15.3 Å². The zero-order chi connectivity index (χ0) is 19.2. The Morgan fingerprint density at radius 2 is 2.15 bits per heavy atom. The van der Waals surface area contributed by atoms with Crippen molar-refractivity contribution in [2.75, 3.05) is 25.0 Å². The molecule has 1 aliphatic rings. The van der Waals surface area contributed by atoms with E-state index in [0.29, 0.717) is 13.2 Å². The summed E-state index contributed by atoms with van der Waals surface area (Å²) in [7, 11) is 0. The van der Waals surface area contributed by atoms with Gasteiger partial charge in [-0.3, -0.25) is 14.6 Å². The fraction of sp³-hybridized carbons (Fsp3) is 0.400. The Hall–Kier alpha value is -2.80. The molecule has 142 valence electrons. The fourth-order valence-corrected chi connectivity index (χ4v) is 3.07. The van der Waals surface area contributed by atoms with Gasteiger partial charge in [-0.1, -0.05) is 12.1 Å². The van der Waals surface area contributed by atoms with Crippen LogP contribution in [0.2, 0.25) is 0 Å². The number of nitrogens with one attached hydrogen (secondary N) is 1. The topological polar surface area (TPSA) is 84.4 Å². The van der Waals surface area contributed by atoms with Crippen molar-refractivity contribution in [3.63, 3.8) is 0 Å². The van der Waals surface area contributed by atoms with E-state index in [1.807, 2.05) is 32.0 Å². The van der Waals surface area contributed by atoms with E-state index >= 15 is 0 Å². The van der Waals surface area contributed by atoms with Crippen molar-refractivity contribution in [1.29, 1.82) is 0 Å². The first kappa shape index (κ1) is 19.0. The molecule has 1 fully saturated rings. The molecule has 1 aromatic heterocycles. The molecule has 1 aliphatic heterocycles. The first-order chi connectivity index (χ1) is 13.0. The van der Waals surface area contributed by atoms with Crippen molar-refractivity contribution >= 4 is 17.5 Å². The summed E-state index contributed by atoms with van der Waals surface area (Å²) >= 11 is 0. The van der Waals surface area contributed by atoms with Crippen LogP contribution in [0.1, 0.15) is 34.5 Å². The number of hydrogen-bond donors (Lipinski definition) is 1. The highest BCUT2D eigenvalue weighted by atomic mass is 16.5. The predicted molar refractivity (Wildman–Crippen MR) is 101 cm³/mol. The molecular weight excluding hydrogens is 344 g/mol. The van der Waals surface area contributed by atoms with Crippen LogP contribution in [0.15, 0.2) is 36.8 Å². The third kappa shape index (κ3) is 4.89. The molecule has 1 aromatic carbocycles. The Morgan fingerprint density at radius 1 is 1.30 bits per heavy atom. The van der Waals surface area contributed by atoms with Gasteiger partial charge in [-0.25, -0.2) is 4.98 Å². The molecule has 0 saturated carbocycles. The molecule has 3 rings (SSSR count). The minimum Gasteiger partial charge on any atom is -0.376 e. The van der Waals surface area contributed by atoms with Crippen LogP contribution in [0.4, 0.5) is 5.69 Å². The number of rotatable bonds is 6. The van der Waals surface area contributed by atoms with Crippen LogP contribution in [0.3, 0.4) is 0 Å². The van der Waals surface area contributed by atoms with Gasteiger partial charge in [-0.2, -0.15) is 0 Å². The quantitative estimate of drug-likeness (QED) is 0.846. The number of benzene rings is 1. The Balaban J connectivity index is 1.72. The molecule has 1 saturated heterocycles. The third-order valence-electron chi connectivity index (χ3n) is 4.73. The van der Waals surface area contributed by atoms with E-state index in [1.165, 1.54) is 23.5 Å². The second-order valence-electron chi connectivity index (χ2n) is 6.71. The molecule has 0 aliphatic carbocycles. The molecule has 1 unspecified atom stereocenters. The highest BCUT2D eigenvalue weighted by Crippen LogP contribution is 2.18. The fourth-order valence-electron chi connectivity index (χ4n) is 3.07. The average molecular weight is 368 g/mol. The first-order valence-electron chi connectivity index (χ1n) is 9.07. The molecule has 27 heavy (non-hydrogen) atoms. The number of carbonyl (C=O) groups excluding carboxylic acids is 2. The lowest BCUT2D eigenvalue weighted by Gasteiger charge is -2.24. The molecule has 7 heteroatoms. The van der Waals surface area contributed by atoms with Gasteiger partial charge in [-0.05, 0) is 43.9 Å². The number of hydrogen-bond acceptors (Lipinski definition) is 5. The number of ether oxygens (including phenoxy) is 1. The van der Waals surface area contributed by atoms with E-state index in [1.54, 1.807) is 0 Å². The van der Waals surface area contributed by atoms with Crippen LogP contribution < -0.4 is 5.32 Å². The van der Waals surface area contributed by atoms with Gasteiger partial charge in [0, 0.05) is 31.2 Å². The van der Waals surface area contributed by atoms with Crippen molar-refractivity contribution in [2.45, 2.75) is 32.8 Å². The summed E-state index contributed by atoms with van der Waals surface area (Å²) in [5.41, 5.74) is 3.08. The molecule has 2 heterocycles. The summed E-state index contributed by atoms with van der Waals surface area (Å²) < 4.78 is 5.64. The molecule has 1 N–H and O–H groups in total. The minimum atomic E-state index is -0.324. The van der Waals surface area contributed by atoms with Gasteiger partial charge < -0.3 is 15.0 Å². The lowest BCUT2D eigenvalue weighted by molar-refractivity contribution is -0.117. The summed E-state index contributed by atoms with van der Waals surface area (Å²) in [6, 6.07) is 5.74. The second-order valence-corrected chi connectivity index (χ2v) is 6.71. The van der Waals surface area contributed by atoms with Crippen molar-refractivity contribution in [3.8, 4) is 0 Å². The van der Waals surface area contributed by atoms with Crippen molar-refractivity contribution in [1.82, 2.24) is 14.9 Å². The van der Waals surface area contributed by atoms with Gasteiger partial charge in [0.15, 0.2) is 0 Å². The number of amides is 2. The number of carbonyl (C=O) groups is 2. The largest absolute Gasteiger partial charge is 0.376 e. The van der Waals surface area contributed by atoms with Crippen LogP contribution >= 0.6 is 0 Å². The van der Waals surface area contributed by atoms with Gasteiger partial charge in [0.25, 0.3) is 5.91 Å². The molecular formula is C20H24N4O3. The zero-order valence-corrected chi connectivity index (χ0v) is 15.6. The van der Waals surface area contributed by atoms with Crippen LogP contribution in [-0.2, 0) is 9.53 Å². The predicted octanol–water partition coefficient (Wildman–Crippen LogP) is 2.35. The SMILES string of the molecule is Cc1cccc(NC(=O)CN(CC2CCCO2)C(=O)c2cnccn2)c1C. The number of nitrogens with zero attached hydrogens (tertiary/aromatic N) is 3. The lowest BCUT2D eigenvalue weighted by atomic mass is 10.1. The highest BCUT2D eigenvalue weighted by Gasteiger charge is 2.26. The van der Waals surface area contributed by atoms with Gasteiger partial charge in [0.05, 0.1) is 12.3 Å². The molecule has 0 spiro atoms. The van der Waals surface area contributed by atoms with Crippen LogP contribution in [0.25, 0.3) is 0 Å². The number of aryl methyl sites for hydroxylation is 1. The third-order valence-corrected chi connectivity index (χ3v) is 4.73. The highest BCUT2D eigenvalue weighted by molar-refractivity contribution is 5.98. The summed E-state index contributed by atoms with van der Waals surface area (Å²) in [5.74, 6) is -0.575. The first-order valence-corrected chi connectivity index (χ1v) is 9.07. The van der Waals surface area contributed by atoms with E-state index in [0.717, 1.165) is 29.7 Å². The maximum absolute atomic E-state index is 12.8. The van der Waals surface area contributed by atoms with Gasteiger partial charge in [-0.15, -0.1) is 0 Å². The maximum atomic E-state index is 12.8. The maximum Gasteiger partial charge on any atom is 0.274 e. The molecule has 2 amide bonds. The Kier molecular flexibility index (Phi) is 6.13. The van der Waals surface area contributed by atoms with Crippen LogP contribution in [0.5, 0.6) is 0 Å². The van der Waals surface area contributed by atoms with Crippen LogP contribution in [-0.4, -0.2) is 52.5 Å². The molecule has 1 atom stereocenters. The van der Waals surface area contributed by atoms with Crippen molar-refractivity contribution < 1.29 is 14.3 Å². The molecule has 2 aromatic rings. The second kappa shape index (κ2) is 8.73. The van der Waals surface area contributed by atoms with Crippen molar-refractivity contribution in [2.24, 2.45) is 0 Å². The standard InChI is InChI=1S/C20H24N4O3/c1-14-5-3-7-17(15(14)2)23-19(25)13-24(12-16-6-4-10-27-16)20(26)18-11-21-8-9-22-18/h3,5,7-9,11,16H,4,6,10,12-13H2,1-2H3,(H,23,25). The molecule has 0 bridgehead atoms. The normalized spacial score (nSPS) is 16.1. The summed E-state index contributed by atoms with van der Waals surface area (Å²) in [6.07, 6.45) is 6.17. The van der Waals surface area contributed by atoms with E-state index in [9.17, 15) is 9.59 Å². The van der Waals surface area contributed by atoms with Crippen molar-refractivity contribution in [3.05, 3.63) is 53.6 Å². The smallest absolute Gasteiger partial charge is 0.274 e.